The van der Waals surface area contributed by atoms with Gasteiger partial charge in [0.05, 0.1) is 21.9 Å². The topological polar surface area (TPSA) is 126 Å². The van der Waals surface area contributed by atoms with Gasteiger partial charge >= 0.3 is 5.97 Å². The number of aromatic nitrogens is 1. The number of hydrogen-bond acceptors (Lipinski definition) is 6. The molecular formula is C23H21ClN2O6S2. The molecule has 0 saturated heterocycles. The van der Waals surface area contributed by atoms with E-state index in [9.17, 15) is 21.6 Å². The van der Waals surface area contributed by atoms with Crippen LogP contribution in [-0.4, -0.2) is 33.4 Å². The van der Waals surface area contributed by atoms with Gasteiger partial charge in [0.1, 0.15) is 5.69 Å². The molecule has 0 saturated carbocycles. The first kappa shape index (κ1) is 25.4. The van der Waals surface area contributed by atoms with E-state index in [1.807, 2.05) is 0 Å². The molecule has 178 valence electrons. The molecule has 0 spiro atoms. The number of primary sulfonamides is 1. The van der Waals surface area contributed by atoms with Gasteiger partial charge < -0.3 is 4.74 Å². The molecule has 8 nitrogen and oxygen atoms in total. The molecule has 3 aromatic carbocycles. The van der Waals surface area contributed by atoms with E-state index in [0.29, 0.717) is 15.9 Å². The van der Waals surface area contributed by atoms with Crippen molar-refractivity contribution in [2.75, 3.05) is 6.61 Å². The predicted molar refractivity (Wildman–Crippen MR) is 130 cm³/mol. The van der Waals surface area contributed by atoms with Crippen LogP contribution in [0.1, 0.15) is 17.4 Å². The van der Waals surface area contributed by atoms with Gasteiger partial charge in [-0.05, 0) is 55.5 Å². The summed E-state index contributed by atoms with van der Waals surface area (Å²) in [5.74, 6) is -0.704. The average Bonchev–Trinajstić information content (AvgIpc) is 3.20. The molecule has 0 aliphatic heterocycles. The van der Waals surface area contributed by atoms with Crippen molar-refractivity contribution in [2.45, 2.75) is 16.7 Å². The molecule has 0 fully saturated rings. The number of halogens is 1. The highest BCUT2D eigenvalue weighted by Crippen LogP contribution is 2.28. The summed E-state index contributed by atoms with van der Waals surface area (Å²) in [5.41, 5.74) is 0.310. The number of carbonyl (C=O) groups is 1. The molecule has 1 aromatic heterocycles. The van der Waals surface area contributed by atoms with Gasteiger partial charge in [0, 0.05) is 10.4 Å². The Bertz CT molecular complexity index is 1520. The normalized spacial score (nSPS) is 11.5. The second-order valence-electron chi connectivity index (χ2n) is 6.89. The molecule has 0 amide bonds. The summed E-state index contributed by atoms with van der Waals surface area (Å²) in [5, 5.41) is 5.83. The summed E-state index contributed by atoms with van der Waals surface area (Å²) in [6, 6.07) is 22.0. The Labute approximate surface area is 202 Å². The van der Waals surface area contributed by atoms with E-state index >= 15 is 0 Å². The Hall–Kier alpha value is -3.18. The number of esters is 1. The van der Waals surface area contributed by atoms with Crippen LogP contribution in [0, 0.1) is 0 Å². The third kappa shape index (κ3) is 5.65. The summed E-state index contributed by atoms with van der Waals surface area (Å²) in [4.78, 5) is 12.5. The van der Waals surface area contributed by atoms with Gasteiger partial charge in [-0.3, -0.25) is 0 Å². The molecule has 4 aromatic rings. The fraction of sp³-hybridized carbons (Fsp3) is 0.0870. The third-order valence-corrected chi connectivity index (χ3v) is 7.46. The Morgan fingerprint density at radius 2 is 1.44 bits per heavy atom. The van der Waals surface area contributed by atoms with Crippen LogP contribution in [0.25, 0.3) is 10.9 Å². The zero-order valence-corrected chi connectivity index (χ0v) is 20.3. The van der Waals surface area contributed by atoms with E-state index in [1.54, 1.807) is 61.5 Å². The lowest BCUT2D eigenvalue weighted by atomic mass is 10.2. The zero-order valence-electron chi connectivity index (χ0n) is 18.0. The van der Waals surface area contributed by atoms with Crippen LogP contribution in [0.3, 0.4) is 0 Å². The van der Waals surface area contributed by atoms with Crippen LogP contribution in [-0.2, 0) is 24.8 Å². The molecule has 0 bridgehead atoms. The largest absolute Gasteiger partial charge is 0.461 e. The number of sulfonamides is 1. The molecular weight excluding hydrogens is 500 g/mol. The SMILES string of the molecule is CCOC(=O)c1cc2cc(Cl)ccc2n1S(=O)(=O)c1ccccc1.NS(=O)(=O)c1ccccc1. The van der Waals surface area contributed by atoms with Crippen molar-refractivity contribution in [3.63, 3.8) is 0 Å². The van der Waals surface area contributed by atoms with Crippen molar-refractivity contribution in [1.29, 1.82) is 0 Å². The number of ether oxygens (including phenoxy) is 1. The van der Waals surface area contributed by atoms with E-state index in [-0.39, 0.29) is 22.1 Å². The van der Waals surface area contributed by atoms with Crippen molar-refractivity contribution in [1.82, 2.24) is 3.97 Å². The molecule has 34 heavy (non-hydrogen) atoms. The first-order valence-electron chi connectivity index (χ1n) is 9.92. The summed E-state index contributed by atoms with van der Waals surface area (Å²) in [6.45, 7) is 1.81. The minimum absolute atomic E-state index is 0.0574. The van der Waals surface area contributed by atoms with Gasteiger partial charge in [-0.25, -0.2) is 30.7 Å². The Morgan fingerprint density at radius 1 is 0.882 bits per heavy atom. The number of nitrogens with two attached hydrogens (primary N) is 1. The molecule has 11 heteroatoms. The van der Waals surface area contributed by atoms with Crippen molar-refractivity contribution in [3.05, 3.63) is 95.6 Å². The molecule has 2 N–H and O–H groups in total. The molecule has 1 heterocycles. The van der Waals surface area contributed by atoms with Gasteiger partial charge in [0.15, 0.2) is 0 Å². The summed E-state index contributed by atoms with van der Waals surface area (Å²) in [6.07, 6.45) is 0. The van der Waals surface area contributed by atoms with E-state index < -0.39 is 26.0 Å². The maximum absolute atomic E-state index is 13.0. The van der Waals surface area contributed by atoms with Crippen LogP contribution in [0.5, 0.6) is 0 Å². The lowest BCUT2D eigenvalue weighted by molar-refractivity contribution is 0.0518. The average molecular weight is 521 g/mol. The van der Waals surface area contributed by atoms with Crippen LogP contribution >= 0.6 is 11.6 Å². The van der Waals surface area contributed by atoms with E-state index in [1.165, 1.54) is 30.3 Å². The molecule has 4 rings (SSSR count). The van der Waals surface area contributed by atoms with Crippen LogP contribution in [0.4, 0.5) is 0 Å². The quantitative estimate of drug-likeness (QED) is 0.396. The van der Waals surface area contributed by atoms with Crippen LogP contribution in [0.2, 0.25) is 5.02 Å². The van der Waals surface area contributed by atoms with Gasteiger partial charge in [-0.15, -0.1) is 0 Å². The van der Waals surface area contributed by atoms with Gasteiger partial charge in [-0.1, -0.05) is 48.0 Å². The Kier molecular flexibility index (Phi) is 7.78. The molecule has 0 aliphatic rings. The minimum Gasteiger partial charge on any atom is -0.461 e. The highest BCUT2D eigenvalue weighted by atomic mass is 35.5. The monoisotopic (exact) mass is 520 g/mol. The van der Waals surface area contributed by atoms with Crippen molar-refractivity contribution in [3.8, 4) is 0 Å². The first-order chi connectivity index (χ1) is 16.1. The predicted octanol–water partition coefficient (Wildman–Crippen LogP) is 4.04. The first-order valence-corrected chi connectivity index (χ1v) is 13.3. The Balaban J connectivity index is 0.000000271. The summed E-state index contributed by atoms with van der Waals surface area (Å²) >= 11 is 5.98. The zero-order chi connectivity index (χ0) is 24.9. The van der Waals surface area contributed by atoms with Crippen LogP contribution < -0.4 is 5.14 Å². The maximum atomic E-state index is 13.0. The summed E-state index contributed by atoms with van der Waals surface area (Å²) in [7, 11) is -7.46. The van der Waals surface area contributed by atoms with Crippen molar-refractivity contribution >= 4 is 48.5 Å². The number of fused-ring (bicyclic) bond motifs is 1. The summed E-state index contributed by atoms with van der Waals surface area (Å²) < 4.78 is 53.3. The highest BCUT2D eigenvalue weighted by molar-refractivity contribution is 7.90. The van der Waals surface area contributed by atoms with E-state index in [0.717, 1.165) is 3.97 Å². The van der Waals surface area contributed by atoms with Gasteiger partial charge in [0.2, 0.25) is 10.0 Å². The maximum Gasteiger partial charge on any atom is 0.356 e. The molecule has 0 atom stereocenters. The second-order valence-corrected chi connectivity index (χ2v) is 10.7. The lowest BCUT2D eigenvalue weighted by Gasteiger charge is -2.11. The van der Waals surface area contributed by atoms with Gasteiger partial charge in [-0.2, -0.15) is 0 Å². The molecule has 0 unspecified atom stereocenters. The number of carbonyl (C=O) groups excluding carboxylic acids is 1. The molecule has 0 aliphatic carbocycles. The smallest absolute Gasteiger partial charge is 0.356 e. The number of nitrogens with zero attached hydrogens (tertiary/aromatic N) is 1. The fourth-order valence-corrected chi connectivity index (χ4v) is 5.32. The minimum atomic E-state index is -3.96. The third-order valence-electron chi connectivity index (χ3n) is 4.56. The van der Waals surface area contributed by atoms with Crippen molar-refractivity contribution < 1.29 is 26.4 Å². The van der Waals surface area contributed by atoms with Gasteiger partial charge in [0.25, 0.3) is 10.0 Å². The standard InChI is InChI=1S/C17H14ClNO4S.C6H7NO2S/c1-2-23-17(20)16-11-12-10-13(18)8-9-15(12)19(16)24(21,22)14-6-4-3-5-7-14;7-10(8,9)6-4-2-1-3-5-6/h3-11H,2H2,1H3;1-5H,(H2,7,8,9). The Morgan fingerprint density at radius 3 is 1.94 bits per heavy atom. The number of rotatable bonds is 5. The lowest BCUT2D eigenvalue weighted by Crippen LogP contribution is -2.19. The fourth-order valence-electron chi connectivity index (χ4n) is 3.08. The second kappa shape index (κ2) is 10.4. The molecule has 0 radical (unpaired) electrons. The van der Waals surface area contributed by atoms with E-state index in [4.69, 9.17) is 21.5 Å². The number of hydrogen-bond donors (Lipinski definition) is 1. The van der Waals surface area contributed by atoms with E-state index in [2.05, 4.69) is 0 Å². The van der Waals surface area contributed by atoms with Crippen LogP contribution in [0.15, 0.2) is 94.7 Å². The van der Waals surface area contributed by atoms with Crippen molar-refractivity contribution in [2.24, 2.45) is 5.14 Å². The number of benzene rings is 3. The highest BCUT2D eigenvalue weighted by Gasteiger charge is 2.27.